The number of halogens is 1. The van der Waals surface area contributed by atoms with Crippen LogP contribution in [0, 0.1) is 0 Å². The number of rotatable bonds is 3. The van der Waals surface area contributed by atoms with Crippen molar-refractivity contribution in [1.29, 1.82) is 0 Å². The second-order valence-corrected chi connectivity index (χ2v) is 4.84. The molecule has 0 spiro atoms. The van der Waals surface area contributed by atoms with Crippen LogP contribution in [0.4, 0.5) is 0 Å². The van der Waals surface area contributed by atoms with Gasteiger partial charge in [-0.25, -0.2) is 0 Å². The van der Waals surface area contributed by atoms with E-state index in [1.807, 2.05) is 30.3 Å². The highest BCUT2D eigenvalue weighted by Gasteiger charge is 2.26. The standard InChI is InChI=1S/C13H16ClNO/c14-11-7-4-8-12(11)15-13(16)9-10-5-2-1-3-6-10/h1-3,5-6,11-12H,4,7-9H2,(H,15,16). The van der Waals surface area contributed by atoms with Crippen LogP contribution in [0.3, 0.4) is 0 Å². The van der Waals surface area contributed by atoms with Gasteiger partial charge in [-0.15, -0.1) is 11.6 Å². The molecule has 0 aliphatic heterocycles. The van der Waals surface area contributed by atoms with E-state index in [1.165, 1.54) is 0 Å². The lowest BCUT2D eigenvalue weighted by atomic mass is 10.1. The van der Waals surface area contributed by atoms with Crippen molar-refractivity contribution in [3.05, 3.63) is 35.9 Å². The van der Waals surface area contributed by atoms with Gasteiger partial charge in [0.25, 0.3) is 0 Å². The lowest BCUT2D eigenvalue weighted by Gasteiger charge is -2.15. The van der Waals surface area contributed by atoms with Gasteiger partial charge in [0.15, 0.2) is 0 Å². The Morgan fingerprint density at radius 1 is 1.31 bits per heavy atom. The smallest absolute Gasteiger partial charge is 0.224 e. The van der Waals surface area contributed by atoms with Crippen molar-refractivity contribution >= 4 is 17.5 Å². The summed E-state index contributed by atoms with van der Waals surface area (Å²) < 4.78 is 0. The van der Waals surface area contributed by atoms with Crippen LogP contribution in [0.25, 0.3) is 0 Å². The zero-order valence-corrected chi connectivity index (χ0v) is 9.91. The lowest BCUT2D eigenvalue weighted by Crippen LogP contribution is -2.38. The van der Waals surface area contributed by atoms with Crippen LogP contribution in [-0.4, -0.2) is 17.3 Å². The van der Waals surface area contributed by atoms with Crippen molar-refractivity contribution in [2.45, 2.75) is 37.1 Å². The summed E-state index contributed by atoms with van der Waals surface area (Å²) in [5, 5.41) is 3.12. The zero-order valence-electron chi connectivity index (χ0n) is 9.16. The van der Waals surface area contributed by atoms with Gasteiger partial charge in [-0.1, -0.05) is 30.3 Å². The van der Waals surface area contributed by atoms with Gasteiger partial charge in [-0.05, 0) is 24.8 Å². The summed E-state index contributed by atoms with van der Waals surface area (Å²) in [6.45, 7) is 0. The molecule has 0 bridgehead atoms. The predicted molar refractivity (Wildman–Crippen MR) is 65.6 cm³/mol. The number of amides is 1. The minimum atomic E-state index is 0.0729. The number of carbonyl (C=O) groups is 1. The molecule has 1 N–H and O–H groups in total. The van der Waals surface area contributed by atoms with E-state index in [4.69, 9.17) is 11.6 Å². The lowest BCUT2D eigenvalue weighted by molar-refractivity contribution is -0.121. The van der Waals surface area contributed by atoms with E-state index >= 15 is 0 Å². The fraction of sp³-hybridized carbons (Fsp3) is 0.462. The van der Waals surface area contributed by atoms with Gasteiger partial charge in [0, 0.05) is 6.04 Å². The second kappa shape index (κ2) is 5.35. The van der Waals surface area contributed by atoms with E-state index < -0.39 is 0 Å². The summed E-state index contributed by atoms with van der Waals surface area (Å²) in [4.78, 5) is 11.7. The minimum absolute atomic E-state index is 0.0729. The summed E-state index contributed by atoms with van der Waals surface area (Å²) in [6, 6.07) is 9.94. The molecule has 0 heterocycles. The van der Waals surface area contributed by atoms with Gasteiger partial charge < -0.3 is 5.32 Å². The predicted octanol–water partition coefficient (Wildman–Crippen LogP) is 2.51. The van der Waals surface area contributed by atoms with Crippen molar-refractivity contribution in [2.24, 2.45) is 0 Å². The Morgan fingerprint density at radius 3 is 2.69 bits per heavy atom. The number of benzene rings is 1. The van der Waals surface area contributed by atoms with Gasteiger partial charge in [0.1, 0.15) is 0 Å². The van der Waals surface area contributed by atoms with E-state index in [1.54, 1.807) is 0 Å². The third-order valence-corrected chi connectivity index (χ3v) is 3.51. The molecule has 1 aliphatic rings. The third kappa shape index (κ3) is 2.99. The van der Waals surface area contributed by atoms with Gasteiger partial charge in [-0.3, -0.25) is 4.79 Å². The molecule has 2 unspecified atom stereocenters. The number of carbonyl (C=O) groups excluding carboxylic acids is 1. The normalized spacial score (nSPS) is 24.3. The van der Waals surface area contributed by atoms with Crippen LogP contribution < -0.4 is 5.32 Å². The second-order valence-electron chi connectivity index (χ2n) is 4.28. The molecule has 1 saturated carbocycles. The molecule has 1 aromatic carbocycles. The topological polar surface area (TPSA) is 29.1 Å². The first-order chi connectivity index (χ1) is 7.75. The minimum Gasteiger partial charge on any atom is -0.352 e. The number of hydrogen-bond donors (Lipinski definition) is 1. The summed E-state index contributed by atoms with van der Waals surface area (Å²) in [6.07, 6.45) is 3.58. The molecule has 2 nitrogen and oxygen atoms in total. The number of nitrogens with one attached hydrogen (secondary N) is 1. The largest absolute Gasteiger partial charge is 0.352 e. The van der Waals surface area contributed by atoms with Crippen molar-refractivity contribution in [3.63, 3.8) is 0 Å². The Morgan fingerprint density at radius 2 is 2.06 bits per heavy atom. The molecule has 1 amide bonds. The van der Waals surface area contributed by atoms with Crippen LogP contribution in [0.1, 0.15) is 24.8 Å². The Hall–Kier alpha value is -1.02. The van der Waals surface area contributed by atoms with E-state index in [2.05, 4.69) is 5.32 Å². The van der Waals surface area contributed by atoms with Crippen molar-refractivity contribution < 1.29 is 4.79 Å². The highest BCUT2D eigenvalue weighted by atomic mass is 35.5. The highest BCUT2D eigenvalue weighted by Crippen LogP contribution is 2.23. The first-order valence-corrected chi connectivity index (χ1v) is 6.17. The molecular formula is C13H16ClNO. The van der Waals surface area contributed by atoms with Crippen molar-refractivity contribution in [1.82, 2.24) is 5.32 Å². The van der Waals surface area contributed by atoms with Gasteiger partial charge >= 0.3 is 0 Å². The molecule has 86 valence electrons. The van der Waals surface area contributed by atoms with Crippen molar-refractivity contribution in [3.8, 4) is 0 Å². The van der Waals surface area contributed by atoms with Crippen LogP contribution in [0.5, 0.6) is 0 Å². The van der Waals surface area contributed by atoms with Gasteiger partial charge in [-0.2, -0.15) is 0 Å². The molecule has 0 aromatic heterocycles. The molecule has 16 heavy (non-hydrogen) atoms. The molecule has 3 heteroatoms. The van der Waals surface area contributed by atoms with Gasteiger partial charge in [0.2, 0.25) is 5.91 Å². The summed E-state index contributed by atoms with van der Waals surface area (Å²) in [5.74, 6) is 0.0729. The highest BCUT2D eigenvalue weighted by molar-refractivity contribution is 6.21. The summed E-state index contributed by atoms with van der Waals surface area (Å²) >= 11 is 6.11. The molecule has 0 saturated heterocycles. The molecule has 2 atom stereocenters. The maximum absolute atomic E-state index is 11.7. The summed E-state index contributed by atoms with van der Waals surface area (Å²) in [5.41, 5.74) is 1.05. The average molecular weight is 238 g/mol. The number of alkyl halides is 1. The van der Waals surface area contributed by atoms with E-state index in [0.29, 0.717) is 6.42 Å². The zero-order chi connectivity index (χ0) is 11.4. The van der Waals surface area contributed by atoms with E-state index in [9.17, 15) is 4.79 Å². The Balaban J connectivity index is 1.85. The maximum atomic E-state index is 11.7. The van der Waals surface area contributed by atoms with Crippen molar-refractivity contribution in [2.75, 3.05) is 0 Å². The van der Waals surface area contributed by atoms with Crippen LogP contribution in [-0.2, 0) is 11.2 Å². The molecule has 0 radical (unpaired) electrons. The average Bonchev–Trinajstić information content (AvgIpc) is 2.66. The first kappa shape index (κ1) is 11.5. The Kier molecular flexibility index (Phi) is 3.83. The Bertz CT molecular complexity index is 352. The third-order valence-electron chi connectivity index (χ3n) is 2.99. The maximum Gasteiger partial charge on any atom is 0.224 e. The number of hydrogen-bond acceptors (Lipinski definition) is 1. The monoisotopic (exact) mass is 237 g/mol. The molecular weight excluding hydrogens is 222 g/mol. The Labute approximate surface area is 101 Å². The molecule has 2 rings (SSSR count). The quantitative estimate of drug-likeness (QED) is 0.805. The van der Waals surface area contributed by atoms with Crippen LogP contribution in [0.2, 0.25) is 0 Å². The van der Waals surface area contributed by atoms with E-state index in [0.717, 1.165) is 24.8 Å². The molecule has 1 aliphatic carbocycles. The molecule has 1 aromatic rings. The van der Waals surface area contributed by atoms with E-state index in [-0.39, 0.29) is 17.3 Å². The SMILES string of the molecule is O=C(Cc1ccccc1)NC1CCCC1Cl. The first-order valence-electron chi connectivity index (χ1n) is 5.73. The van der Waals surface area contributed by atoms with Crippen LogP contribution >= 0.6 is 11.6 Å². The van der Waals surface area contributed by atoms with Crippen LogP contribution in [0.15, 0.2) is 30.3 Å². The van der Waals surface area contributed by atoms with Gasteiger partial charge in [0.05, 0.1) is 11.8 Å². The fourth-order valence-corrected chi connectivity index (χ4v) is 2.46. The molecule has 1 fully saturated rings. The summed E-state index contributed by atoms with van der Waals surface area (Å²) in [7, 11) is 0. The fourth-order valence-electron chi connectivity index (χ4n) is 2.12.